The number of benzene rings is 2. The van der Waals surface area contributed by atoms with Crippen LogP contribution in [-0.2, 0) is 9.59 Å². The van der Waals surface area contributed by atoms with E-state index in [2.05, 4.69) is 5.32 Å². The van der Waals surface area contributed by atoms with Crippen LogP contribution in [0.1, 0.15) is 25.0 Å². The van der Waals surface area contributed by atoms with E-state index in [0.29, 0.717) is 25.7 Å². The molecule has 1 N–H and O–H groups in total. The summed E-state index contributed by atoms with van der Waals surface area (Å²) < 4.78 is 6.11. The van der Waals surface area contributed by atoms with Crippen LogP contribution >= 0.6 is 35.6 Å². The lowest BCUT2D eigenvalue weighted by Gasteiger charge is -2.18. The second kappa shape index (κ2) is 9.64. The van der Waals surface area contributed by atoms with Crippen LogP contribution in [0.15, 0.2) is 47.4 Å². The minimum atomic E-state index is -0.281. The molecule has 2 aromatic carbocycles. The van der Waals surface area contributed by atoms with Gasteiger partial charge in [-0.15, -0.1) is 0 Å². The summed E-state index contributed by atoms with van der Waals surface area (Å²) in [6, 6.07) is 12.5. The first kappa shape index (κ1) is 22.3. The van der Waals surface area contributed by atoms with Gasteiger partial charge in [0.25, 0.3) is 11.8 Å². The van der Waals surface area contributed by atoms with E-state index in [1.807, 2.05) is 39.0 Å². The van der Waals surface area contributed by atoms with E-state index in [9.17, 15) is 9.59 Å². The monoisotopic (exact) mass is 460 g/mol. The molecule has 156 valence electrons. The third kappa shape index (κ3) is 5.41. The number of carbonyl (C=O) groups excluding carboxylic acids is 2. The Morgan fingerprint density at radius 3 is 2.57 bits per heavy atom. The Kier molecular flexibility index (Phi) is 7.18. The van der Waals surface area contributed by atoms with E-state index in [-0.39, 0.29) is 24.5 Å². The SMILES string of the molecule is Cc1ccc(NC(=O)COc2ccc(/C=C3\SC(=S)N(C(C)C)C3=O)cc2)cc1Cl. The Bertz CT molecular complexity index is 1020. The van der Waals surface area contributed by atoms with Crippen LogP contribution in [0.5, 0.6) is 5.75 Å². The topological polar surface area (TPSA) is 58.6 Å². The highest BCUT2D eigenvalue weighted by Crippen LogP contribution is 2.34. The summed E-state index contributed by atoms with van der Waals surface area (Å²) in [5.41, 5.74) is 2.41. The number of amides is 2. The lowest BCUT2D eigenvalue weighted by atomic mass is 10.2. The largest absolute Gasteiger partial charge is 0.484 e. The molecule has 3 rings (SSSR count). The van der Waals surface area contributed by atoms with Gasteiger partial charge < -0.3 is 10.1 Å². The predicted octanol–water partition coefficient (Wildman–Crippen LogP) is 5.28. The van der Waals surface area contributed by atoms with E-state index >= 15 is 0 Å². The minimum absolute atomic E-state index is 0.0289. The minimum Gasteiger partial charge on any atom is -0.484 e. The van der Waals surface area contributed by atoms with Crippen molar-refractivity contribution in [2.45, 2.75) is 26.8 Å². The van der Waals surface area contributed by atoms with Crippen molar-refractivity contribution in [3.63, 3.8) is 0 Å². The van der Waals surface area contributed by atoms with Crippen LogP contribution in [0.4, 0.5) is 5.69 Å². The number of ether oxygens (including phenoxy) is 1. The normalized spacial score (nSPS) is 15.2. The van der Waals surface area contributed by atoms with Gasteiger partial charge in [-0.1, -0.05) is 53.8 Å². The predicted molar refractivity (Wildman–Crippen MR) is 127 cm³/mol. The van der Waals surface area contributed by atoms with Crippen molar-refractivity contribution in [3.8, 4) is 5.75 Å². The number of thiocarbonyl (C=S) groups is 1. The van der Waals surface area contributed by atoms with Crippen LogP contribution in [0.25, 0.3) is 6.08 Å². The van der Waals surface area contributed by atoms with Crippen molar-refractivity contribution < 1.29 is 14.3 Å². The molecule has 0 bridgehead atoms. The van der Waals surface area contributed by atoms with Crippen molar-refractivity contribution in [2.75, 3.05) is 11.9 Å². The van der Waals surface area contributed by atoms with E-state index in [1.54, 1.807) is 35.2 Å². The maximum Gasteiger partial charge on any atom is 0.266 e. The van der Waals surface area contributed by atoms with Gasteiger partial charge in [0.05, 0.1) is 4.91 Å². The van der Waals surface area contributed by atoms with Crippen molar-refractivity contribution in [1.29, 1.82) is 0 Å². The van der Waals surface area contributed by atoms with Gasteiger partial charge in [0, 0.05) is 16.8 Å². The fourth-order valence-electron chi connectivity index (χ4n) is 2.75. The van der Waals surface area contributed by atoms with Crippen LogP contribution < -0.4 is 10.1 Å². The summed E-state index contributed by atoms with van der Waals surface area (Å²) >= 11 is 12.7. The number of halogens is 1. The highest BCUT2D eigenvalue weighted by molar-refractivity contribution is 8.26. The van der Waals surface area contributed by atoms with Crippen LogP contribution in [0.3, 0.4) is 0 Å². The van der Waals surface area contributed by atoms with E-state index in [4.69, 9.17) is 28.6 Å². The molecular weight excluding hydrogens is 440 g/mol. The Balaban J connectivity index is 1.57. The average Bonchev–Trinajstić information content (AvgIpc) is 2.97. The molecule has 2 aromatic rings. The fourth-order valence-corrected chi connectivity index (χ4v) is 4.46. The van der Waals surface area contributed by atoms with Gasteiger partial charge in [-0.3, -0.25) is 14.5 Å². The van der Waals surface area contributed by atoms with Gasteiger partial charge in [-0.05, 0) is 62.2 Å². The number of rotatable bonds is 6. The maximum absolute atomic E-state index is 12.5. The van der Waals surface area contributed by atoms with Crippen molar-refractivity contribution in [1.82, 2.24) is 4.90 Å². The molecule has 2 amide bonds. The number of nitrogens with one attached hydrogen (secondary N) is 1. The average molecular weight is 461 g/mol. The zero-order valence-corrected chi connectivity index (χ0v) is 19.2. The molecule has 0 spiro atoms. The first-order valence-electron chi connectivity index (χ1n) is 9.30. The van der Waals surface area contributed by atoms with Crippen molar-refractivity contribution in [3.05, 3.63) is 63.5 Å². The molecule has 1 saturated heterocycles. The molecule has 0 unspecified atom stereocenters. The molecule has 0 aromatic heterocycles. The first-order chi connectivity index (χ1) is 14.2. The maximum atomic E-state index is 12.5. The molecule has 30 heavy (non-hydrogen) atoms. The molecule has 0 atom stereocenters. The van der Waals surface area contributed by atoms with Gasteiger partial charge in [-0.2, -0.15) is 0 Å². The van der Waals surface area contributed by atoms with E-state index in [1.165, 1.54) is 11.8 Å². The Morgan fingerprint density at radius 1 is 1.27 bits per heavy atom. The molecule has 0 aliphatic carbocycles. The number of anilines is 1. The molecule has 8 heteroatoms. The van der Waals surface area contributed by atoms with Crippen molar-refractivity contribution >= 4 is 63.5 Å². The summed E-state index contributed by atoms with van der Waals surface area (Å²) in [6.45, 7) is 5.64. The quantitative estimate of drug-likeness (QED) is 0.469. The molecule has 5 nitrogen and oxygen atoms in total. The number of carbonyl (C=O) groups is 2. The standard InChI is InChI=1S/C22H21ClN2O3S2/c1-13(2)25-21(27)19(30-22(25)29)10-15-5-8-17(9-6-15)28-12-20(26)24-16-7-4-14(3)18(23)11-16/h4-11,13H,12H2,1-3H3,(H,24,26)/b19-10-. The molecule has 1 aliphatic heterocycles. The first-order valence-corrected chi connectivity index (χ1v) is 10.9. The van der Waals surface area contributed by atoms with Gasteiger partial charge in [-0.25, -0.2) is 0 Å². The number of thioether (sulfide) groups is 1. The Morgan fingerprint density at radius 2 is 1.97 bits per heavy atom. The summed E-state index contributed by atoms with van der Waals surface area (Å²) in [7, 11) is 0. The molecule has 0 radical (unpaired) electrons. The summed E-state index contributed by atoms with van der Waals surface area (Å²) in [6.07, 6.45) is 1.80. The second-order valence-electron chi connectivity index (χ2n) is 7.02. The summed E-state index contributed by atoms with van der Waals surface area (Å²) in [4.78, 5) is 26.8. The van der Waals surface area contributed by atoms with E-state index in [0.717, 1.165) is 11.1 Å². The smallest absolute Gasteiger partial charge is 0.266 e. The third-order valence-corrected chi connectivity index (χ3v) is 6.08. The zero-order chi connectivity index (χ0) is 21.8. The van der Waals surface area contributed by atoms with Gasteiger partial charge in [0.2, 0.25) is 0 Å². The highest BCUT2D eigenvalue weighted by Gasteiger charge is 2.33. The van der Waals surface area contributed by atoms with Crippen molar-refractivity contribution in [2.24, 2.45) is 0 Å². The second-order valence-corrected chi connectivity index (χ2v) is 9.10. The molecule has 0 saturated carbocycles. The highest BCUT2D eigenvalue weighted by atomic mass is 35.5. The van der Waals surface area contributed by atoms with Gasteiger partial charge in [0.1, 0.15) is 10.1 Å². The summed E-state index contributed by atoms with van der Waals surface area (Å²) in [5, 5.41) is 3.34. The number of nitrogens with zero attached hydrogens (tertiary/aromatic N) is 1. The zero-order valence-electron chi connectivity index (χ0n) is 16.8. The molecule has 1 aliphatic rings. The number of hydrogen-bond donors (Lipinski definition) is 1. The number of aryl methyl sites for hydroxylation is 1. The van der Waals surface area contributed by atoms with E-state index < -0.39 is 0 Å². The van der Waals surface area contributed by atoms with Crippen LogP contribution in [-0.4, -0.2) is 33.7 Å². The lowest BCUT2D eigenvalue weighted by Crippen LogP contribution is -2.34. The molecule has 1 fully saturated rings. The summed E-state index contributed by atoms with van der Waals surface area (Å²) in [5.74, 6) is 0.198. The Hall–Kier alpha value is -2.35. The number of hydrogen-bond acceptors (Lipinski definition) is 5. The fraction of sp³-hybridized carbons (Fsp3) is 0.227. The van der Waals surface area contributed by atoms with Gasteiger partial charge >= 0.3 is 0 Å². The van der Waals surface area contributed by atoms with Crippen LogP contribution in [0.2, 0.25) is 5.02 Å². The lowest BCUT2D eigenvalue weighted by molar-refractivity contribution is -0.123. The van der Waals surface area contributed by atoms with Gasteiger partial charge in [0.15, 0.2) is 6.61 Å². The third-order valence-electron chi connectivity index (χ3n) is 4.34. The molecule has 1 heterocycles. The molecular formula is C22H21ClN2O3S2. The Labute approximate surface area is 190 Å². The van der Waals surface area contributed by atoms with Crippen LogP contribution in [0, 0.1) is 6.92 Å².